The van der Waals surface area contributed by atoms with E-state index >= 15 is 0 Å². The minimum Gasteiger partial charge on any atom is -0.339 e. The van der Waals surface area contributed by atoms with Gasteiger partial charge in [-0.1, -0.05) is 25.1 Å². The van der Waals surface area contributed by atoms with Crippen LogP contribution in [0.5, 0.6) is 0 Å². The summed E-state index contributed by atoms with van der Waals surface area (Å²) >= 11 is 0. The van der Waals surface area contributed by atoms with Gasteiger partial charge in [0.25, 0.3) is 12.3 Å². The molecule has 122 valence electrons. The van der Waals surface area contributed by atoms with Crippen molar-refractivity contribution in [3.05, 3.63) is 35.9 Å². The Hall–Kier alpha value is -1.49. The van der Waals surface area contributed by atoms with Crippen LogP contribution in [0.1, 0.15) is 36.5 Å². The summed E-state index contributed by atoms with van der Waals surface area (Å²) in [6.45, 7) is 3.82. The van der Waals surface area contributed by atoms with Gasteiger partial charge in [-0.25, -0.2) is 8.78 Å². The fraction of sp³-hybridized carbons (Fsp3) is 0.588. The van der Waals surface area contributed by atoms with Gasteiger partial charge in [-0.3, -0.25) is 9.69 Å². The maximum Gasteiger partial charge on any atom is 0.253 e. The first-order chi connectivity index (χ1) is 10.6. The Morgan fingerprint density at radius 3 is 2.45 bits per heavy atom. The first-order valence-corrected chi connectivity index (χ1v) is 7.98. The largest absolute Gasteiger partial charge is 0.339 e. The summed E-state index contributed by atoms with van der Waals surface area (Å²) in [6.07, 6.45) is 0.113. The van der Waals surface area contributed by atoms with Gasteiger partial charge in [0.2, 0.25) is 0 Å². The highest BCUT2D eigenvalue weighted by Crippen LogP contribution is 2.19. The van der Waals surface area contributed by atoms with E-state index in [1.54, 1.807) is 0 Å². The topological polar surface area (TPSA) is 23.6 Å². The first-order valence-electron chi connectivity index (χ1n) is 7.98. The summed E-state index contributed by atoms with van der Waals surface area (Å²) in [6, 6.07) is 9.38. The molecule has 0 aromatic heterocycles. The zero-order valence-corrected chi connectivity index (χ0v) is 13.0. The first kappa shape index (κ1) is 16.9. The third kappa shape index (κ3) is 4.50. The Bertz CT molecular complexity index is 459. The average Bonchev–Trinajstić information content (AvgIpc) is 2.54. The van der Waals surface area contributed by atoms with Gasteiger partial charge in [0.15, 0.2) is 0 Å². The maximum atomic E-state index is 12.7. The van der Waals surface area contributed by atoms with Crippen molar-refractivity contribution in [1.29, 1.82) is 0 Å². The SMILES string of the molecule is CCCN(CC(F)F)C1CCN(C(=O)c2ccccc2)CC1. The van der Waals surface area contributed by atoms with E-state index in [9.17, 15) is 13.6 Å². The molecule has 1 aromatic carbocycles. The number of rotatable bonds is 6. The summed E-state index contributed by atoms with van der Waals surface area (Å²) in [5.74, 6) is 0.0370. The van der Waals surface area contributed by atoms with E-state index in [0.717, 1.165) is 19.3 Å². The molecule has 1 aromatic rings. The number of likely N-dealkylation sites (tertiary alicyclic amines) is 1. The summed E-state index contributed by atoms with van der Waals surface area (Å²) in [4.78, 5) is 16.1. The van der Waals surface area contributed by atoms with Crippen molar-refractivity contribution in [2.75, 3.05) is 26.2 Å². The number of carbonyl (C=O) groups is 1. The minimum absolute atomic E-state index is 0.0370. The van der Waals surface area contributed by atoms with Crippen molar-refractivity contribution < 1.29 is 13.6 Å². The van der Waals surface area contributed by atoms with Crippen LogP contribution in [-0.4, -0.2) is 54.4 Å². The number of piperidine rings is 1. The van der Waals surface area contributed by atoms with Crippen LogP contribution in [0.25, 0.3) is 0 Å². The molecular formula is C17H24F2N2O. The highest BCUT2D eigenvalue weighted by atomic mass is 19.3. The van der Waals surface area contributed by atoms with Crippen LogP contribution in [0.15, 0.2) is 30.3 Å². The zero-order chi connectivity index (χ0) is 15.9. The third-order valence-corrected chi connectivity index (χ3v) is 4.17. The number of halogens is 2. The molecule has 0 N–H and O–H groups in total. The maximum absolute atomic E-state index is 12.7. The predicted octanol–water partition coefficient (Wildman–Crippen LogP) is 3.27. The lowest BCUT2D eigenvalue weighted by molar-refractivity contribution is 0.0375. The average molecular weight is 310 g/mol. The van der Waals surface area contributed by atoms with Gasteiger partial charge >= 0.3 is 0 Å². The highest BCUT2D eigenvalue weighted by Gasteiger charge is 2.28. The van der Waals surface area contributed by atoms with Crippen LogP contribution >= 0.6 is 0 Å². The molecule has 1 saturated heterocycles. The van der Waals surface area contributed by atoms with Crippen molar-refractivity contribution in [2.24, 2.45) is 0 Å². The number of alkyl halides is 2. The molecule has 0 bridgehead atoms. The van der Waals surface area contributed by atoms with Crippen LogP contribution in [0, 0.1) is 0 Å². The van der Waals surface area contributed by atoms with Crippen molar-refractivity contribution in [1.82, 2.24) is 9.80 Å². The number of nitrogens with zero attached hydrogens (tertiary/aromatic N) is 2. The second-order valence-electron chi connectivity index (χ2n) is 5.78. The molecule has 0 atom stereocenters. The monoisotopic (exact) mass is 310 g/mol. The summed E-state index contributed by atoms with van der Waals surface area (Å²) < 4.78 is 25.4. The van der Waals surface area contributed by atoms with E-state index in [-0.39, 0.29) is 18.5 Å². The third-order valence-electron chi connectivity index (χ3n) is 4.17. The van der Waals surface area contributed by atoms with E-state index in [1.807, 2.05) is 47.1 Å². The summed E-state index contributed by atoms with van der Waals surface area (Å²) in [7, 11) is 0. The van der Waals surface area contributed by atoms with E-state index in [0.29, 0.717) is 25.2 Å². The lowest BCUT2D eigenvalue weighted by Gasteiger charge is -2.38. The van der Waals surface area contributed by atoms with Gasteiger partial charge in [0.1, 0.15) is 0 Å². The molecule has 3 nitrogen and oxygen atoms in total. The lowest BCUT2D eigenvalue weighted by atomic mass is 10.0. The number of hydrogen-bond acceptors (Lipinski definition) is 2. The molecule has 1 amide bonds. The van der Waals surface area contributed by atoms with Gasteiger partial charge in [-0.05, 0) is 37.9 Å². The second-order valence-corrected chi connectivity index (χ2v) is 5.78. The summed E-state index contributed by atoms with van der Waals surface area (Å²) in [5, 5.41) is 0. The molecule has 0 unspecified atom stereocenters. The number of benzene rings is 1. The van der Waals surface area contributed by atoms with Crippen molar-refractivity contribution in [3.8, 4) is 0 Å². The van der Waals surface area contributed by atoms with E-state index in [4.69, 9.17) is 0 Å². The van der Waals surface area contributed by atoms with Crippen LogP contribution in [-0.2, 0) is 0 Å². The molecule has 1 aliphatic rings. The standard InChI is InChI=1S/C17H24F2N2O/c1-2-10-21(13-16(18)19)15-8-11-20(12-9-15)17(22)14-6-4-3-5-7-14/h3-7,15-16H,2,8-13H2,1H3. The predicted molar refractivity (Wildman–Crippen MR) is 83.2 cm³/mol. The van der Waals surface area contributed by atoms with Gasteiger partial charge in [-0.15, -0.1) is 0 Å². The Kier molecular flexibility index (Phi) is 6.31. The van der Waals surface area contributed by atoms with E-state index in [2.05, 4.69) is 0 Å². The highest BCUT2D eigenvalue weighted by molar-refractivity contribution is 5.94. The quantitative estimate of drug-likeness (QED) is 0.805. The molecule has 1 fully saturated rings. The van der Waals surface area contributed by atoms with Crippen molar-refractivity contribution >= 4 is 5.91 Å². The normalized spacial score (nSPS) is 16.5. The van der Waals surface area contributed by atoms with Crippen molar-refractivity contribution in [3.63, 3.8) is 0 Å². The molecule has 0 radical (unpaired) electrons. The van der Waals surface area contributed by atoms with Crippen LogP contribution in [0.3, 0.4) is 0 Å². The molecular weight excluding hydrogens is 286 g/mol. The van der Waals surface area contributed by atoms with Gasteiger partial charge < -0.3 is 4.90 Å². The number of amides is 1. The minimum atomic E-state index is -2.30. The van der Waals surface area contributed by atoms with Crippen LogP contribution in [0.4, 0.5) is 8.78 Å². The molecule has 2 rings (SSSR count). The number of hydrogen-bond donors (Lipinski definition) is 0. The Morgan fingerprint density at radius 2 is 1.91 bits per heavy atom. The van der Waals surface area contributed by atoms with Gasteiger partial charge in [0, 0.05) is 24.7 Å². The Balaban J connectivity index is 1.90. The van der Waals surface area contributed by atoms with Gasteiger partial charge in [-0.2, -0.15) is 0 Å². The molecule has 0 spiro atoms. The number of carbonyl (C=O) groups excluding carboxylic acids is 1. The van der Waals surface area contributed by atoms with Crippen LogP contribution in [0.2, 0.25) is 0 Å². The van der Waals surface area contributed by atoms with E-state index in [1.165, 1.54) is 0 Å². The molecule has 0 saturated carbocycles. The lowest BCUT2D eigenvalue weighted by Crippen LogP contribution is -2.48. The zero-order valence-electron chi connectivity index (χ0n) is 13.0. The molecule has 0 aliphatic carbocycles. The fourth-order valence-corrected chi connectivity index (χ4v) is 3.08. The molecule has 5 heteroatoms. The summed E-state index contributed by atoms with van der Waals surface area (Å²) in [5.41, 5.74) is 0.693. The van der Waals surface area contributed by atoms with Crippen molar-refractivity contribution in [2.45, 2.75) is 38.7 Å². The smallest absolute Gasteiger partial charge is 0.253 e. The second kappa shape index (κ2) is 8.22. The van der Waals surface area contributed by atoms with E-state index < -0.39 is 6.43 Å². The Morgan fingerprint density at radius 1 is 1.27 bits per heavy atom. The molecule has 1 aliphatic heterocycles. The molecule has 1 heterocycles. The molecule has 22 heavy (non-hydrogen) atoms. The van der Waals surface area contributed by atoms with Gasteiger partial charge in [0.05, 0.1) is 6.54 Å². The fourth-order valence-electron chi connectivity index (χ4n) is 3.08. The van der Waals surface area contributed by atoms with Crippen LogP contribution < -0.4 is 0 Å². The Labute approximate surface area is 130 Å².